The van der Waals surface area contributed by atoms with Crippen LogP contribution in [0, 0.1) is 0 Å². The summed E-state index contributed by atoms with van der Waals surface area (Å²) in [5.74, 6) is 0.734. The highest BCUT2D eigenvalue weighted by Gasteiger charge is 2.15. The first kappa shape index (κ1) is 17.3. The summed E-state index contributed by atoms with van der Waals surface area (Å²) in [5.41, 5.74) is 7.04. The number of hydrogen-bond donors (Lipinski definition) is 1. The van der Waals surface area contributed by atoms with Crippen LogP contribution < -0.4 is 10.5 Å². The van der Waals surface area contributed by atoms with Gasteiger partial charge >= 0.3 is 0 Å². The lowest BCUT2D eigenvalue weighted by Crippen LogP contribution is -2.33. The molecule has 0 aliphatic heterocycles. The van der Waals surface area contributed by atoms with Crippen molar-refractivity contribution in [1.29, 1.82) is 0 Å². The Labute approximate surface area is 141 Å². The summed E-state index contributed by atoms with van der Waals surface area (Å²) in [6, 6.07) is 16.5. The van der Waals surface area contributed by atoms with Gasteiger partial charge < -0.3 is 15.4 Å². The van der Waals surface area contributed by atoms with E-state index >= 15 is 0 Å². The van der Waals surface area contributed by atoms with Crippen molar-refractivity contribution in [2.75, 3.05) is 20.2 Å². The molecule has 0 spiro atoms. The second-order valence-electron chi connectivity index (χ2n) is 5.34. The van der Waals surface area contributed by atoms with Gasteiger partial charge in [0.2, 0.25) is 5.91 Å². The second kappa shape index (κ2) is 8.56. The van der Waals surface area contributed by atoms with Crippen LogP contribution in [0.1, 0.15) is 18.0 Å². The van der Waals surface area contributed by atoms with E-state index in [4.69, 9.17) is 22.1 Å². The van der Waals surface area contributed by atoms with Crippen LogP contribution in [0.3, 0.4) is 0 Å². The first-order valence-electron chi connectivity index (χ1n) is 7.49. The van der Waals surface area contributed by atoms with Crippen molar-refractivity contribution in [2.24, 2.45) is 5.73 Å². The minimum absolute atomic E-state index is 0.000981. The molecule has 2 N–H and O–H groups in total. The van der Waals surface area contributed by atoms with Gasteiger partial charge in [-0.3, -0.25) is 4.79 Å². The largest absolute Gasteiger partial charge is 0.492 e. The monoisotopic (exact) mass is 332 g/mol. The third-order valence-electron chi connectivity index (χ3n) is 3.56. The van der Waals surface area contributed by atoms with Gasteiger partial charge in [-0.1, -0.05) is 41.9 Å². The molecule has 0 saturated heterocycles. The molecule has 2 aromatic carbocycles. The van der Waals surface area contributed by atoms with Gasteiger partial charge in [-0.2, -0.15) is 0 Å². The number of carbonyl (C=O) groups is 1. The maximum atomic E-state index is 12.2. The molecule has 5 heteroatoms. The Balaban J connectivity index is 1.75. The van der Waals surface area contributed by atoms with E-state index < -0.39 is 0 Å². The lowest BCUT2D eigenvalue weighted by Gasteiger charge is -2.20. The summed E-state index contributed by atoms with van der Waals surface area (Å²) < 4.78 is 5.59. The van der Waals surface area contributed by atoms with E-state index in [1.165, 1.54) is 0 Å². The van der Waals surface area contributed by atoms with Gasteiger partial charge in [-0.25, -0.2) is 0 Å². The van der Waals surface area contributed by atoms with E-state index in [1.807, 2.05) is 30.3 Å². The molecule has 0 radical (unpaired) electrons. The topological polar surface area (TPSA) is 55.6 Å². The van der Waals surface area contributed by atoms with Gasteiger partial charge in [0.1, 0.15) is 12.4 Å². The second-order valence-corrected chi connectivity index (χ2v) is 5.78. The molecule has 0 aromatic heterocycles. The first-order valence-corrected chi connectivity index (χ1v) is 7.87. The minimum Gasteiger partial charge on any atom is -0.492 e. The fourth-order valence-corrected chi connectivity index (χ4v) is 2.24. The van der Waals surface area contributed by atoms with Crippen LogP contribution in [0.25, 0.3) is 0 Å². The van der Waals surface area contributed by atoms with E-state index in [0.717, 1.165) is 11.3 Å². The number of nitrogens with zero attached hydrogens (tertiary/aromatic N) is 1. The Morgan fingerprint density at radius 2 is 1.83 bits per heavy atom. The van der Waals surface area contributed by atoms with Crippen molar-refractivity contribution in [3.05, 3.63) is 65.2 Å². The number of carbonyl (C=O) groups excluding carboxylic acids is 1. The Hall–Kier alpha value is -2.04. The Morgan fingerprint density at radius 3 is 2.48 bits per heavy atom. The minimum atomic E-state index is -0.289. The third-order valence-corrected chi connectivity index (χ3v) is 3.81. The summed E-state index contributed by atoms with van der Waals surface area (Å²) in [4.78, 5) is 13.8. The predicted octanol–water partition coefficient (Wildman–Crippen LogP) is 3.27. The molecule has 1 atom stereocenters. The fraction of sp³-hybridized carbons (Fsp3) is 0.278. The quantitative estimate of drug-likeness (QED) is 0.846. The molecule has 122 valence electrons. The zero-order valence-electron chi connectivity index (χ0n) is 13.1. The maximum Gasteiger partial charge on any atom is 0.224 e. The fourth-order valence-electron chi connectivity index (χ4n) is 2.12. The van der Waals surface area contributed by atoms with Crippen molar-refractivity contribution in [1.82, 2.24) is 4.90 Å². The van der Waals surface area contributed by atoms with Crippen molar-refractivity contribution in [3.63, 3.8) is 0 Å². The number of halogens is 1. The highest BCUT2D eigenvalue weighted by Crippen LogP contribution is 2.16. The number of nitrogens with two attached hydrogens (primary N) is 1. The Morgan fingerprint density at radius 1 is 1.17 bits per heavy atom. The molecule has 1 unspecified atom stereocenters. The molecule has 0 bridgehead atoms. The Kier molecular flexibility index (Phi) is 6.44. The van der Waals surface area contributed by atoms with E-state index in [9.17, 15) is 4.79 Å². The maximum absolute atomic E-state index is 12.2. The van der Waals surface area contributed by atoms with Crippen LogP contribution in [0.5, 0.6) is 5.75 Å². The predicted molar refractivity (Wildman–Crippen MR) is 92.6 cm³/mol. The van der Waals surface area contributed by atoms with Crippen molar-refractivity contribution in [3.8, 4) is 5.75 Å². The highest BCUT2D eigenvalue weighted by atomic mass is 35.5. The lowest BCUT2D eigenvalue weighted by atomic mass is 10.0. The van der Waals surface area contributed by atoms with Gasteiger partial charge in [0.25, 0.3) is 0 Å². The summed E-state index contributed by atoms with van der Waals surface area (Å²) >= 11 is 5.82. The summed E-state index contributed by atoms with van der Waals surface area (Å²) in [6.07, 6.45) is 0.279. The van der Waals surface area contributed by atoms with Crippen molar-refractivity contribution in [2.45, 2.75) is 12.5 Å². The van der Waals surface area contributed by atoms with E-state index in [2.05, 4.69) is 0 Å². The zero-order valence-corrected chi connectivity index (χ0v) is 13.9. The van der Waals surface area contributed by atoms with Crippen molar-refractivity contribution >= 4 is 17.5 Å². The van der Waals surface area contributed by atoms with Gasteiger partial charge in [0, 0.05) is 24.5 Å². The average molecular weight is 333 g/mol. The van der Waals surface area contributed by atoms with E-state index in [-0.39, 0.29) is 18.4 Å². The summed E-state index contributed by atoms with van der Waals surface area (Å²) in [5, 5.41) is 0.666. The van der Waals surface area contributed by atoms with Crippen LogP contribution >= 0.6 is 11.6 Å². The summed E-state index contributed by atoms with van der Waals surface area (Å²) in [7, 11) is 1.76. The number of rotatable bonds is 7. The molecular weight excluding hydrogens is 312 g/mol. The third kappa shape index (κ3) is 5.58. The summed E-state index contributed by atoms with van der Waals surface area (Å²) in [6.45, 7) is 0.924. The van der Waals surface area contributed by atoms with Gasteiger partial charge in [-0.05, 0) is 29.8 Å². The number of likely N-dealkylation sites (N-methyl/N-ethyl adjacent to an activating group) is 1. The molecule has 23 heavy (non-hydrogen) atoms. The normalized spacial score (nSPS) is 11.8. The van der Waals surface area contributed by atoms with Gasteiger partial charge in [0.05, 0.1) is 6.54 Å². The first-order chi connectivity index (χ1) is 11.1. The number of amides is 1. The van der Waals surface area contributed by atoms with Crippen LogP contribution in [0.4, 0.5) is 0 Å². The molecular formula is C18H21ClN2O2. The van der Waals surface area contributed by atoms with Crippen LogP contribution in [-0.2, 0) is 4.79 Å². The Bertz CT molecular complexity index is 617. The van der Waals surface area contributed by atoms with Crippen molar-refractivity contribution < 1.29 is 9.53 Å². The van der Waals surface area contributed by atoms with Gasteiger partial charge in [-0.15, -0.1) is 0 Å². The molecule has 0 heterocycles. The molecule has 4 nitrogen and oxygen atoms in total. The number of benzene rings is 2. The molecule has 2 aromatic rings. The number of hydrogen-bond acceptors (Lipinski definition) is 3. The standard InChI is InChI=1S/C18H21ClN2O2/c1-21(11-12-23-16-9-7-15(19)8-10-16)18(22)13-17(20)14-5-3-2-4-6-14/h2-10,17H,11-13,20H2,1H3. The van der Waals surface area contributed by atoms with Crippen LogP contribution in [-0.4, -0.2) is 31.0 Å². The van der Waals surface area contributed by atoms with Crippen LogP contribution in [0.15, 0.2) is 54.6 Å². The van der Waals surface area contributed by atoms with E-state index in [0.29, 0.717) is 18.2 Å². The molecule has 0 saturated carbocycles. The van der Waals surface area contributed by atoms with Crippen LogP contribution in [0.2, 0.25) is 5.02 Å². The molecule has 0 aliphatic rings. The number of ether oxygens (including phenoxy) is 1. The SMILES string of the molecule is CN(CCOc1ccc(Cl)cc1)C(=O)CC(N)c1ccccc1. The average Bonchev–Trinajstić information content (AvgIpc) is 2.57. The molecule has 0 fully saturated rings. The molecule has 0 aliphatic carbocycles. The van der Waals surface area contributed by atoms with E-state index in [1.54, 1.807) is 36.2 Å². The lowest BCUT2D eigenvalue weighted by molar-refractivity contribution is -0.130. The van der Waals surface area contributed by atoms with Gasteiger partial charge in [0.15, 0.2) is 0 Å². The molecule has 1 amide bonds. The smallest absolute Gasteiger partial charge is 0.224 e. The zero-order chi connectivity index (χ0) is 16.7. The molecule has 2 rings (SSSR count). The highest BCUT2D eigenvalue weighted by molar-refractivity contribution is 6.30.